The van der Waals surface area contributed by atoms with Crippen LogP contribution in [0.4, 0.5) is 5.69 Å². The molecule has 0 aromatic heterocycles. The number of piperidine rings is 1. The zero-order chi connectivity index (χ0) is 18.3. The van der Waals surface area contributed by atoms with Crippen molar-refractivity contribution in [3.8, 4) is 0 Å². The van der Waals surface area contributed by atoms with Gasteiger partial charge in [-0.05, 0) is 55.9 Å². The molecule has 2 heterocycles. The first-order chi connectivity index (χ1) is 12.6. The van der Waals surface area contributed by atoms with Crippen LogP contribution in [0.25, 0.3) is 0 Å². The number of allylic oxidation sites excluding steroid dienone is 2. The molecule has 1 aromatic rings. The van der Waals surface area contributed by atoms with Gasteiger partial charge in [-0.1, -0.05) is 19.1 Å². The number of hydrogen-bond acceptors (Lipinski definition) is 3. The van der Waals surface area contributed by atoms with Crippen LogP contribution in [-0.2, 0) is 9.59 Å². The van der Waals surface area contributed by atoms with Crippen LogP contribution >= 0.6 is 0 Å². The lowest BCUT2D eigenvalue weighted by atomic mass is 9.85. The Labute approximate surface area is 153 Å². The van der Waals surface area contributed by atoms with Gasteiger partial charge >= 0.3 is 0 Å². The third kappa shape index (κ3) is 2.85. The van der Waals surface area contributed by atoms with Crippen molar-refractivity contribution in [2.75, 3.05) is 18.0 Å². The number of anilines is 1. The molecule has 2 aliphatic heterocycles. The molecule has 26 heavy (non-hydrogen) atoms. The Hall–Kier alpha value is -2.43. The lowest BCUT2D eigenvalue weighted by Crippen LogP contribution is -2.38. The highest BCUT2D eigenvalue weighted by Crippen LogP contribution is 2.37. The van der Waals surface area contributed by atoms with Gasteiger partial charge in [0, 0.05) is 18.7 Å². The quantitative estimate of drug-likeness (QED) is 0.607. The number of carbonyl (C=O) groups excluding carboxylic acids is 3. The van der Waals surface area contributed by atoms with Crippen molar-refractivity contribution >= 4 is 23.4 Å². The molecule has 0 saturated carbocycles. The van der Waals surface area contributed by atoms with Gasteiger partial charge in [-0.25, -0.2) is 0 Å². The molecule has 1 aromatic carbocycles. The van der Waals surface area contributed by atoms with E-state index in [1.165, 1.54) is 4.90 Å². The first-order valence-electron chi connectivity index (χ1n) is 9.48. The SMILES string of the molecule is CC1CCN(C(=O)c2ccc(N3C(=O)[C@H]4CC=CC[C@H]4C3=O)cc2)CC1. The van der Waals surface area contributed by atoms with Gasteiger partial charge in [0.25, 0.3) is 5.91 Å². The maximum Gasteiger partial charge on any atom is 0.253 e. The van der Waals surface area contributed by atoms with Crippen molar-refractivity contribution in [3.05, 3.63) is 42.0 Å². The molecule has 136 valence electrons. The van der Waals surface area contributed by atoms with Crippen LogP contribution in [-0.4, -0.2) is 35.7 Å². The fourth-order valence-corrected chi connectivity index (χ4v) is 4.20. The highest BCUT2D eigenvalue weighted by atomic mass is 16.2. The molecule has 3 amide bonds. The number of rotatable bonds is 2. The first kappa shape index (κ1) is 17.0. The van der Waals surface area contributed by atoms with E-state index < -0.39 is 0 Å². The molecule has 0 N–H and O–H groups in total. The Morgan fingerprint density at radius 3 is 2.00 bits per heavy atom. The van der Waals surface area contributed by atoms with Crippen LogP contribution in [0, 0.1) is 17.8 Å². The van der Waals surface area contributed by atoms with Crippen LogP contribution in [0.1, 0.15) is 43.0 Å². The summed E-state index contributed by atoms with van der Waals surface area (Å²) in [4.78, 5) is 41.1. The van der Waals surface area contributed by atoms with Gasteiger partial charge in [-0.3, -0.25) is 19.3 Å². The fraction of sp³-hybridized carbons (Fsp3) is 0.476. The Balaban J connectivity index is 1.50. The Bertz CT molecular complexity index is 734. The summed E-state index contributed by atoms with van der Waals surface area (Å²) >= 11 is 0. The normalized spacial score (nSPS) is 26.3. The molecule has 3 aliphatic rings. The third-order valence-corrected chi connectivity index (χ3v) is 5.95. The molecule has 1 aliphatic carbocycles. The van der Waals surface area contributed by atoms with Crippen molar-refractivity contribution in [1.82, 2.24) is 4.90 Å². The molecule has 0 spiro atoms. The second-order valence-corrected chi connectivity index (χ2v) is 7.69. The number of likely N-dealkylation sites (tertiary alicyclic amines) is 1. The summed E-state index contributed by atoms with van der Waals surface area (Å²) in [5, 5.41) is 0. The number of hydrogen-bond donors (Lipinski definition) is 0. The van der Waals surface area contributed by atoms with Crippen LogP contribution in [0.2, 0.25) is 0 Å². The maximum atomic E-state index is 12.6. The number of benzene rings is 1. The number of fused-ring (bicyclic) bond motifs is 1. The van der Waals surface area contributed by atoms with Crippen LogP contribution in [0.5, 0.6) is 0 Å². The first-order valence-corrected chi connectivity index (χ1v) is 9.48. The van der Waals surface area contributed by atoms with E-state index >= 15 is 0 Å². The molecule has 4 rings (SSSR count). The molecule has 5 nitrogen and oxygen atoms in total. The van der Waals surface area contributed by atoms with Crippen molar-refractivity contribution < 1.29 is 14.4 Å². The molecule has 2 fully saturated rings. The second kappa shape index (κ2) is 6.71. The molecule has 2 atom stereocenters. The van der Waals surface area contributed by atoms with E-state index in [0.717, 1.165) is 25.9 Å². The predicted octanol–water partition coefficient (Wildman–Crippen LogP) is 3.01. The monoisotopic (exact) mass is 352 g/mol. The van der Waals surface area contributed by atoms with Gasteiger partial charge in [0.15, 0.2) is 0 Å². The van der Waals surface area contributed by atoms with E-state index in [1.54, 1.807) is 24.3 Å². The Morgan fingerprint density at radius 1 is 0.923 bits per heavy atom. The molecular formula is C21H24N2O3. The summed E-state index contributed by atoms with van der Waals surface area (Å²) in [5.74, 6) is 0.00206. The van der Waals surface area contributed by atoms with Crippen LogP contribution < -0.4 is 4.90 Å². The number of carbonyl (C=O) groups is 3. The highest BCUT2D eigenvalue weighted by Gasteiger charge is 2.47. The average Bonchev–Trinajstić information content (AvgIpc) is 2.93. The van der Waals surface area contributed by atoms with E-state index in [0.29, 0.717) is 30.0 Å². The fourth-order valence-electron chi connectivity index (χ4n) is 4.20. The van der Waals surface area contributed by atoms with Crippen LogP contribution in [0.3, 0.4) is 0 Å². The molecule has 5 heteroatoms. The summed E-state index contributed by atoms with van der Waals surface area (Å²) in [6, 6.07) is 6.91. The average molecular weight is 352 g/mol. The Kier molecular flexibility index (Phi) is 4.39. The highest BCUT2D eigenvalue weighted by molar-refractivity contribution is 6.22. The van der Waals surface area contributed by atoms with E-state index in [2.05, 4.69) is 6.92 Å². The van der Waals surface area contributed by atoms with Gasteiger partial charge in [-0.15, -0.1) is 0 Å². The second-order valence-electron chi connectivity index (χ2n) is 7.69. The van der Waals surface area contributed by atoms with Gasteiger partial charge in [0.05, 0.1) is 17.5 Å². The lowest BCUT2D eigenvalue weighted by Gasteiger charge is -2.30. The van der Waals surface area contributed by atoms with Crippen molar-refractivity contribution in [3.63, 3.8) is 0 Å². The van der Waals surface area contributed by atoms with Crippen molar-refractivity contribution in [1.29, 1.82) is 0 Å². The number of nitrogens with zero attached hydrogens (tertiary/aromatic N) is 2. The zero-order valence-corrected chi connectivity index (χ0v) is 15.1. The number of imide groups is 1. The van der Waals surface area contributed by atoms with Crippen molar-refractivity contribution in [2.45, 2.75) is 32.6 Å². The predicted molar refractivity (Wildman–Crippen MR) is 98.6 cm³/mol. The largest absolute Gasteiger partial charge is 0.339 e. The van der Waals surface area contributed by atoms with E-state index in [-0.39, 0.29) is 29.6 Å². The smallest absolute Gasteiger partial charge is 0.253 e. The van der Waals surface area contributed by atoms with Gasteiger partial charge in [0.2, 0.25) is 11.8 Å². The van der Waals surface area contributed by atoms with Crippen molar-refractivity contribution in [2.24, 2.45) is 17.8 Å². The van der Waals surface area contributed by atoms with E-state index in [4.69, 9.17) is 0 Å². The zero-order valence-electron chi connectivity index (χ0n) is 15.1. The topological polar surface area (TPSA) is 57.7 Å². The lowest BCUT2D eigenvalue weighted by molar-refractivity contribution is -0.122. The van der Waals surface area contributed by atoms with E-state index in [1.807, 2.05) is 17.1 Å². The summed E-state index contributed by atoms with van der Waals surface area (Å²) < 4.78 is 0. The standard InChI is InChI=1S/C21H24N2O3/c1-14-10-12-22(13-11-14)19(24)15-6-8-16(9-7-15)23-20(25)17-4-2-3-5-18(17)21(23)26/h2-3,6-9,14,17-18H,4-5,10-13H2,1H3/t17-,18+. The molecule has 2 saturated heterocycles. The van der Waals surface area contributed by atoms with E-state index in [9.17, 15) is 14.4 Å². The maximum absolute atomic E-state index is 12.6. The summed E-state index contributed by atoms with van der Waals surface area (Å²) in [7, 11) is 0. The summed E-state index contributed by atoms with van der Waals surface area (Å²) in [5.41, 5.74) is 1.18. The minimum Gasteiger partial charge on any atom is -0.339 e. The van der Waals surface area contributed by atoms with Gasteiger partial charge < -0.3 is 4.90 Å². The summed E-state index contributed by atoms with van der Waals surface area (Å²) in [6.45, 7) is 3.80. The molecule has 0 unspecified atom stereocenters. The minimum atomic E-state index is -0.232. The Morgan fingerprint density at radius 2 is 1.46 bits per heavy atom. The van der Waals surface area contributed by atoms with Crippen LogP contribution in [0.15, 0.2) is 36.4 Å². The molecule has 0 radical (unpaired) electrons. The van der Waals surface area contributed by atoms with Gasteiger partial charge in [0.1, 0.15) is 0 Å². The summed E-state index contributed by atoms with van der Waals surface area (Å²) in [6.07, 6.45) is 7.31. The third-order valence-electron chi connectivity index (χ3n) is 5.95. The molecular weight excluding hydrogens is 328 g/mol. The molecule has 0 bridgehead atoms. The minimum absolute atomic E-state index is 0.0281. The van der Waals surface area contributed by atoms with Gasteiger partial charge in [-0.2, -0.15) is 0 Å². The number of amides is 3.